The number of hydrogen-bond donors (Lipinski definition) is 2. The summed E-state index contributed by atoms with van der Waals surface area (Å²) in [6, 6.07) is 3.87. The Balaban J connectivity index is 1.81. The van der Waals surface area contributed by atoms with Gasteiger partial charge in [0, 0.05) is 38.5 Å². The first-order valence-electron chi connectivity index (χ1n) is 6.87. The lowest BCUT2D eigenvalue weighted by Gasteiger charge is -2.15. The van der Waals surface area contributed by atoms with Crippen LogP contribution in [0.5, 0.6) is 5.88 Å². The predicted molar refractivity (Wildman–Crippen MR) is 78.0 cm³/mol. The van der Waals surface area contributed by atoms with Crippen molar-refractivity contribution in [1.82, 2.24) is 15.6 Å². The smallest absolute Gasteiger partial charge is 0.218 e. The fourth-order valence-corrected chi connectivity index (χ4v) is 2.16. The molecule has 2 heterocycles. The largest absolute Gasteiger partial charge is 0.481 e. The highest BCUT2D eigenvalue weighted by Gasteiger charge is 2.15. The van der Waals surface area contributed by atoms with Crippen LogP contribution in [0.1, 0.15) is 18.4 Å². The zero-order chi connectivity index (χ0) is 14.2. The summed E-state index contributed by atoms with van der Waals surface area (Å²) < 4.78 is 10.8. The molecule has 1 unspecified atom stereocenters. The average Bonchev–Trinajstić information content (AvgIpc) is 3.01. The molecule has 110 valence electrons. The molecule has 1 saturated heterocycles. The van der Waals surface area contributed by atoms with Crippen LogP contribution in [-0.2, 0) is 11.3 Å². The van der Waals surface area contributed by atoms with E-state index >= 15 is 0 Å². The molecular formula is C14H22N4O2. The summed E-state index contributed by atoms with van der Waals surface area (Å²) in [6.07, 6.45) is 4.26. The third kappa shape index (κ3) is 4.09. The number of nitrogens with zero attached hydrogens (tertiary/aromatic N) is 2. The Morgan fingerprint density at radius 1 is 1.55 bits per heavy atom. The Morgan fingerprint density at radius 3 is 3.15 bits per heavy atom. The molecule has 0 amide bonds. The van der Waals surface area contributed by atoms with E-state index < -0.39 is 0 Å². The van der Waals surface area contributed by atoms with Crippen LogP contribution in [0, 0.1) is 0 Å². The van der Waals surface area contributed by atoms with Crippen molar-refractivity contribution in [2.75, 3.05) is 27.3 Å². The minimum absolute atomic E-state index is 0.293. The van der Waals surface area contributed by atoms with Crippen LogP contribution in [0.2, 0.25) is 0 Å². The van der Waals surface area contributed by atoms with Crippen LogP contribution in [0.25, 0.3) is 0 Å². The molecule has 0 radical (unpaired) electrons. The molecule has 6 heteroatoms. The number of hydrogen-bond acceptors (Lipinski definition) is 4. The van der Waals surface area contributed by atoms with E-state index in [0.29, 0.717) is 18.5 Å². The molecule has 20 heavy (non-hydrogen) atoms. The van der Waals surface area contributed by atoms with Crippen LogP contribution < -0.4 is 15.4 Å². The van der Waals surface area contributed by atoms with Crippen LogP contribution in [0.3, 0.4) is 0 Å². The predicted octanol–water partition coefficient (Wildman–Crippen LogP) is 0.934. The minimum atomic E-state index is 0.293. The van der Waals surface area contributed by atoms with Gasteiger partial charge in [-0.3, -0.25) is 4.99 Å². The molecule has 0 spiro atoms. The van der Waals surface area contributed by atoms with E-state index in [1.54, 1.807) is 20.4 Å². The zero-order valence-electron chi connectivity index (χ0n) is 12.1. The number of methoxy groups -OCH3 is 1. The number of aromatic nitrogens is 1. The van der Waals surface area contributed by atoms with Gasteiger partial charge in [0.25, 0.3) is 0 Å². The highest BCUT2D eigenvalue weighted by molar-refractivity contribution is 5.79. The molecule has 0 aromatic carbocycles. The standard InChI is InChI=1S/C14H22N4O2/c1-15-14(18-10-12-6-4-8-20-12)17-9-11-5-3-7-16-13(11)19-2/h3,5,7,12H,4,6,8-10H2,1-2H3,(H2,15,17,18). The first-order chi connectivity index (χ1) is 9.83. The van der Waals surface area contributed by atoms with Gasteiger partial charge in [-0.1, -0.05) is 6.07 Å². The van der Waals surface area contributed by atoms with Crippen LogP contribution in [-0.4, -0.2) is 44.4 Å². The van der Waals surface area contributed by atoms with Crippen molar-refractivity contribution in [3.8, 4) is 5.88 Å². The number of ether oxygens (including phenoxy) is 2. The van der Waals surface area contributed by atoms with Crippen molar-refractivity contribution < 1.29 is 9.47 Å². The maximum absolute atomic E-state index is 5.57. The van der Waals surface area contributed by atoms with E-state index in [1.807, 2.05) is 12.1 Å². The molecule has 1 aliphatic rings. The SMILES string of the molecule is CN=C(NCc1cccnc1OC)NCC1CCCO1. The lowest BCUT2D eigenvalue weighted by atomic mass is 10.2. The average molecular weight is 278 g/mol. The van der Waals surface area contributed by atoms with Crippen LogP contribution in [0.4, 0.5) is 0 Å². The van der Waals surface area contributed by atoms with Gasteiger partial charge in [0.15, 0.2) is 5.96 Å². The summed E-state index contributed by atoms with van der Waals surface area (Å²) in [5, 5.41) is 6.52. The summed E-state index contributed by atoms with van der Waals surface area (Å²) in [7, 11) is 3.38. The van der Waals surface area contributed by atoms with E-state index in [1.165, 1.54) is 0 Å². The molecule has 1 atom stereocenters. The third-order valence-corrected chi connectivity index (χ3v) is 3.23. The second kappa shape index (κ2) is 7.69. The van der Waals surface area contributed by atoms with Gasteiger partial charge in [0.2, 0.25) is 5.88 Å². The monoisotopic (exact) mass is 278 g/mol. The lowest BCUT2D eigenvalue weighted by Crippen LogP contribution is -2.40. The molecule has 2 N–H and O–H groups in total. The summed E-state index contributed by atoms with van der Waals surface area (Å²) in [5.41, 5.74) is 0.995. The van der Waals surface area contributed by atoms with Gasteiger partial charge in [-0.2, -0.15) is 0 Å². The first kappa shape index (κ1) is 14.6. The van der Waals surface area contributed by atoms with Crippen molar-refractivity contribution >= 4 is 5.96 Å². The second-order valence-corrected chi connectivity index (χ2v) is 4.61. The van der Waals surface area contributed by atoms with Crippen molar-refractivity contribution in [2.24, 2.45) is 4.99 Å². The molecule has 1 aromatic heterocycles. The fraction of sp³-hybridized carbons (Fsp3) is 0.571. The molecule has 0 saturated carbocycles. The molecule has 0 aliphatic carbocycles. The van der Waals surface area contributed by atoms with E-state index in [9.17, 15) is 0 Å². The van der Waals surface area contributed by atoms with Gasteiger partial charge in [-0.25, -0.2) is 4.98 Å². The summed E-state index contributed by atoms with van der Waals surface area (Å²) in [5.74, 6) is 1.39. The number of aliphatic imine (C=N–C) groups is 1. The molecule has 1 fully saturated rings. The topological polar surface area (TPSA) is 67.8 Å². The molecule has 1 aromatic rings. The van der Waals surface area contributed by atoms with E-state index in [4.69, 9.17) is 9.47 Å². The Labute approximate surface area is 119 Å². The van der Waals surface area contributed by atoms with Gasteiger partial charge in [-0.15, -0.1) is 0 Å². The second-order valence-electron chi connectivity index (χ2n) is 4.61. The highest BCUT2D eigenvalue weighted by atomic mass is 16.5. The Bertz CT molecular complexity index is 445. The van der Waals surface area contributed by atoms with Crippen molar-refractivity contribution in [3.05, 3.63) is 23.9 Å². The van der Waals surface area contributed by atoms with Crippen molar-refractivity contribution in [1.29, 1.82) is 0 Å². The van der Waals surface area contributed by atoms with Gasteiger partial charge in [-0.05, 0) is 18.9 Å². The number of pyridine rings is 1. The Hall–Kier alpha value is -1.82. The highest BCUT2D eigenvalue weighted by Crippen LogP contribution is 2.13. The number of nitrogens with one attached hydrogen (secondary N) is 2. The normalized spacial score (nSPS) is 18.9. The Kier molecular flexibility index (Phi) is 5.61. The Morgan fingerprint density at radius 2 is 2.45 bits per heavy atom. The number of guanidine groups is 1. The van der Waals surface area contributed by atoms with Gasteiger partial charge < -0.3 is 20.1 Å². The van der Waals surface area contributed by atoms with Gasteiger partial charge >= 0.3 is 0 Å². The summed E-state index contributed by atoms with van der Waals surface area (Å²) in [6.45, 7) is 2.26. The minimum Gasteiger partial charge on any atom is -0.481 e. The van der Waals surface area contributed by atoms with Gasteiger partial charge in [0.1, 0.15) is 0 Å². The summed E-state index contributed by atoms with van der Waals surface area (Å²) >= 11 is 0. The van der Waals surface area contributed by atoms with Crippen molar-refractivity contribution in [3.63, 3.8) is 0 Å². The zero-order valence-corrected chi connectivity index (χ0v) is 12.1. The fourth-order valence-electron chi connectivity index (χ4n) is 2.16. The number of rotatable bonds is 5. The van der Waals surface area contributed by atoms with Crippen molar-refractivity contribution in [2.45, 2.75) is 25.5 Å². The maximum atomic E-state index is 5.57. The first-order valence-corrected chi connectivity index (χ1v) is 6.87. The third-order valence-electron chi connectivity index (χ3n) is 3.23. The van der Waals surface area contributed by atoms with E-state index in [-0.39, 0.29) is 0 Å². The molecule has 2 rings (SSSR count). The van der Waals surface area contributed by atoms with Crippen LogP contribution in [0.15, 0.2) is 23.3 Å². The quantitative estimate of drug-likeness (QED) is 0.619. The van der Waals surface area contributed by atoms with Gasteiger partial charge in [0.05, 0.1) is 13.2 Å². The van der Waals surface area contributed by atoms with Crippen LogP contribution >= 0.6 is 0 Å². The lowest BCUT2D eigenvalue weighted by molar-refractivity contribution is 0.114. The van der Waals surface area contributed by atoms with E-state index in [0.717, 1.165) is 37.5 Å². The maximum Gasteiger partial charge on any atom is 0.218 e. The van der Waals surface area contributed by atoms with E-state index in [2.05, 4.69) is 20.6 Å². The molecule has 1 aliphatic heterocycles. The summed E-state index contributed by atoms with van der Waals surface area (Å²) in [4.78, 5) is 8.36. The molecular weight excluding hydrogens is 256 g/mol. The molecule has 0 bridgehead atoms. The molecule has 6 nitrogen and oxygen atoms in total.